The zero-order valence-corrected chi connectivity index (χ0v) is 24.1. The molecular weight excluding hydrogens is 528 g/mol. The van der Waals surface area contributed by atoms with Crippen LogP contribution in [0, 0.1) is 5.82 Å². The van der Waals surface area contributed by atoms with Crippen molar-refractivity contribution in [3.05, 3.63) is 87.5 Å². The maximum absolute atomic E-state index is 13.4. The van der Waals surface area contributed by atoms with E-state index in [1.807, 2.05) is 18.8 Å². The van der Waals surface area contributed by atoms with E-state index in [4.69, 9.17) is 0 Å². The predicted octanol–water partition coefficient (Wildman–Crippen LogP) is 8.42. The highest BCUT2D eigenvalue weighted by molar-refractivity contribution is 8.11. The van der Waals surface area contributed by atoms with Crippen molar-refractivity contribution >= 4 is 62.9 Å². The second-order valence-electron chi connectivity index (χ2n) is 7.93. The van der Waals surface area contributed by atoms with Crippen molar-refractivity contribution in [2.45, 2.75) is 40.5 Å². The fraction of sp³-hybridized carbons (Fsp3) is 0.259. The summed E-state index contributed by atoms with van der Waals surface area (Å²) in [6.45, 7) is 8.59. The first-order valence-corrected chi connectivity index (χ1v) is 14.1. The van der Waals surface area contributed by atoms with E-state index in [0.717, 1.165) is 45.7 Å². The quantitative estimate of drug-likeness (QED) is 0.123. The lowest BCUT2D eigenvalue weighted by molar-refractivity contribution is -0.107. The molecule has 1 aromatic heterocycles. The van der Waals surface area contributed by atoms with Crippen molar-refractivity contribution in [2.24, 2.45) is 0 Å². The molecule has 0 amide bonds. The predicted molar refractivity (Wildman–Crippen MR) is 160 cm³/mol. The SMILES string of the molecule is CC/C=C(\C)SC(=C(C)C)c1csc(NC)n1.O=CCc1cccc(N(O)SNc2ccccc2F)c1. The third kappa shape index (κ3) is 10.2. The lowest BCUT2D eigenvalue weighted by Crippen LogP contribution is -2.11. The Balaban J connectivity index is 0.000000264. The maximum atomic E-state index is 13.4. The molecule has 3 aromatic rings. The van der Waals surface area contributed by atoms with Crippen LogP contribution in [0.3, 0.4) is 0 Å². The van der Waals surface area contributed by atoms with Gasteiger partial charge in [-0.2, -0.15) is 4.47 Å². The zero-order valence-electron chi connectivity index (χ0n) is 21.6. The van der Waals surface area contributed by atoms with Gasteiger partial charge in [-0.1, -0.05) is 54.6 Å². The van der Waals surface area contributed by atoms with Crippen LogP contribution in [-0.2, 0) is 11.2 Å². The minimum atomic E-state index is -0.400. The van der Waals surface area contributed by atoms with Crippen LogP contribution in [0.15, 0.2) is 70.5 Å². The lowest BCUT2D eigenvalue weighted by atomic mass is 10.1. The number of thiazole rings is 1. The molecule has 0 saturated carbocycles. The van der Waals surface area contributed by atoms with E-state index in [-0.39, 0.29) is 12.1 Å². The number of carbonyl (C=O) groups excluding carboxylic acids is 1. The molecule has 2 aromatic carbocycles. The molecule has 0 aliphatic heterocycles. The largest absolute Gasteiger partial charge is 0.365 e. The average molecular weight is 561 g/mol. The van der Waals surface area contributed by atoms with Crippen molar-refractivity contribution < 1.29 is 14.4 Å². The molecule has 6 nitrogen and oxygen atoms in total. The van der Waals surface area contributed by atoms with Crippen molar-refractivity contribution in [3.8, 4) is 0 Å². The third-order valence-corrected chi connectivity index (χ3v) is 7.59. The molecule has 0 radical (unpaired) electrons. The van der Waals surface area contributed by atoms with E-state index in [1.165, 1.54) is 21.4 Å². The molecule has 0 aliphatic rings. The molecular formula is C27H33FN4O2S3. The Morgan fingerprint density at radius 1 is 1.19 bits per heavy atom. The topological polar surface area (TPSA) is 77.5 Å². The third-order valence-electron chi connectivity index (χ3n) is 4.73. The summed E-state index contributed by atoms with van der Waals surface area (Å²) in [5.41, 5.74) is 3.96. The van der Waals surface area contributed by atoms with Crippen LogP contribution < -0.4 is 14.5 Å². The number of hydrogen-bond donors (Lipinski definition) is 3. The summed E-state index contributed by atoms with van der Waals surface area (Å²) in [5.74, 6) is -0.400. The van der Waals surface area contributed by atoms with Gasteiger partial charge in [-0.15, -0.1) is 11.3 Å². The van der Waals surface area contributed by atoms with Gasteiger partial charge in [0.2, 0.25) is 0 Å². The normalized spacial score (nSPS) is 10.7. The number of aldehydes is 1. The molecule has 0 aliphatic carbocycles. The summed E-state index contributed by atoms with van der Waals surface area (Å²) in [7, 11) is 1.90. The molecule has 37 heavy (non-hydrogen) atoms. The zero-order chi connectivity index (χ0) is 27.2. The molecule has 1 heterocycles. The lowest BCUT2D eigenvalue weighted by Gasteiger charge is -2.16. The molecule has 3 rings (SSSR count). The van der Waals surface area contributed by atoms with Crippen LogP contribution in [0.2, 0.25) is 0 Å². The number of nitrogens with one attached hydrogen (secondary N) is 2. The number of allylic oxidation sites excluding steroid dienone is 3. The van der Waals surface area contributed by atoms with Gasteiger partial charge in [-0.3, -0.25) is 5.21 Å². The molecule has 0 saturated heterocycles. The van der Waals surface area contributed by atoms with Gasteiger partial charge in [0.25, 0.3) is 0 Å². The first-order valence-electron chi connectivity index (χ1n) is 11.6. The minimum absolute atomic E-state index is 0.278. The highest BCUT2D eigenvalue weighted by atomic mass is 32.2. The van der Waals surface area contributed by atoms with Gasteiger partial charge in [0.05, 0.1) is 29.2 Å². The van der Waals surface area contributed by atoms with Gasteiger partial charge in [0, 0.05) is 23.8 Å². The summed E-state index contributed by atoms with van der Waals surface area (Å²) >= 11 is 4.29. The molecule has 0 atom stereocenters. The Bertz CT molecular complexity index is 1210. The number of para-hydroxylation sites is 1. The highest BCUT2D eigenvalue weighted by Gasteiger charge is 2.10. The van der Waals surface area contributed by atoms with Gasteiger partial charge in [0.15, 0.2) is 5.13 Å². The van der Waals surface area contributed by atoms with Crippen LogP contribution in [0.5, 0.6) is 0 Å². The summed E-state index contributed by atoms with van der Waals surface area (Å²) in [6, 6.07) is 13.1. The van der Waals surface area contributed by atoms with Crippen LogP contribution in [0.25, 0.3) is 4.91 Å². The summed E-state index contributed by atoms with van der Waals surface area (Å²) < 4.78 is 17.0. The number of halogens is 1. The Kier molecular flexibility index (Phi) is 13.3. The highest BCUT2D eigenvalue weighted by Crippen LogP contribution is 2.37. The Hall–Kier alpha value is -2.79. The van der Waals surface area contributed by atoms with Crippen molar-refractivity contribution in [3.63, 3.8) is 0 Å². The van der Waals surface area contributed by atoms with E-state index in [1.54, 1.807) is 53.8 Å². The number of benzene rings is 2. The van der Waals surface area contributed by atoms with Crippen molar-refractivity contribution in [1.29, 1.82) is 0 Å². The smallest absolute Gasteiger partial charge is 0.182 e. The summed E-state index contributed by atoms with van der Waals surface area (Å²) in [4.78, 5) is 17.6. The molecule has 0 fully saturated rings. The van der Waals surface area contributed by atoms with E-state index < -0.39 is 5.82 Å². The van der Waals surface area contributed by atoms with Crippen LogP contribution in [0.1, 0.15) is 45.4 Å². The minimum Gasteiger partial charge on any atom is -0.365 e. The molecule has 0 spiro atoms. The van der Waals surface area contributed by atoms with Crippen LogP contribution in [0.4, 0.5) is 20.9 Å². The first kappa shape index (κ1) is 30.4. The molecule has 3 N–H and O–H groups in total. The van der Waals surface area contributed by atoms with Gasteiger partial charge in [0.1, 0.15) is 12.1 Å². The molecule has 0 bridgehead atoms. The van der Waals surface area contributed by atoms with Gasteiger partial charge >= 0.3 is 0 Å². The number of thioether (sulfide) groups is 1. The fourth-order valence-corrected chi connectivity index (χ4v) is 5.27. The fourth-order valence-electron chi connectivity index (χ4n) is 2.98. The standard InChI is InChI=1S/C14H13FN2O2S.C13H20N2S2/c15-13-6-1-2-7-14(13)16-20-17(19)12-5-3-4-11(10-12)8-9-18;1-6-7-10(4)17-12(9(2)3)11-8-16-13(14-5)15-11/h1-7,9-10,16,19H,8H2;7-8H,6H2,1-5H3,(H,14,15)/b;10-7+. The Morgan fingerprint density at radius 2 is 1.95 bits per heavy atom. The molecule has 10 heteroatoms. The van der Waals surface area contributed by atoms with Crippen molar-refractivity contribution in [1.82, 2.24) is 4.98 Å². The summed E-state index contributed by atoms with van der Waals surface area (Å²) in [6.07, 6.45) is 4.41. The van der Waals surface area contributed by atoms with Gasteiger partial charge in [-0.25, -0.2) is 9.37 Å². The van der Waals surface area contributed by atoms with E-state index in [0.29, 0.717) is 5.69 Å². The summed E-state index contributed by atoms with van der Waals surface area (Å²) in [5, 5.41) is 16.0. The first-order chi connectivity index (χ1) is 17.8. The van der Waals surface area contributed by atoms with Gasteiger partial charge in [-0.05, 0) is 61.9 Å². The van der Waals surface area contributed by atoms with E-state index >= 15 is 0 Å². The second kappa shape index (κ2) is 16.1. The van der Waals surface area contributed by atoms with E-state index in [9.17, 15) is 14.4 Å². The number of carbonyl (C=O) groups is 1. The molecule has 198 valence electrons. The number of aromatic nitrogens is 1. The van der Waals surface area contributed by atoms with Crippen LogP contribution >= 0.6 is 35.2 Å². The van der Waals surface area contributed by atoms with Gasteiger partial charge < -0.3 is 14.8 Å². The monoisotopic (exact) mass is 560 g/mol. The number of hydrogen-bond acceptors (Lipinski definition) is 9. The van der Waals surface area contributed by atoms with Crippen LogP contribution in [-0.4, -0.2) is 23.5 Å². The van der Waals surface area contributed by atoms with Crippen molar-refractivity contribution in [2.75, 3.05) is 21.6 Å². The Labute approximate surface area is 231 Å². The van der Waals surface area contributed by atoms with E-state index in [2.05, 4.69) is 54.2 Å². The number of rotatable bonds is 11. The average Bonchev–Trinajstić information content (AvgIpc) is 3.36. The number of nitrogens with zero attached hydrogens (tertiary/aromatic N) is 2. The molecule has 0 unspecified atom stereocenters. The number of anilines is 3. The second-order valence-corrected chi connectivity index (χ2v) is 10.8. The maximum Gasteiger partial charge on any atom is 0.182 e. The Morgan fingerprint density at radius 3 is 2.57 bits per heavy atom.